The van der Waals surface area contributed by atoms with Crippen molar-refractivity contribution in [2.24, 2.45) is 0 Å². The van der Waals surface area contributed by atoms with Crippen LogP contribution in [0.4, 0.5) is 13.2 Å². The quantitative estimate of drug-likeness (QED) is 0.504. The highest BCUT2D eigenvalue weighted by molar-refractivity contribution is 7.99. The first kappa shape index (κ1) is 22.4. The third-order valence-electron chi connectivity index (χ3n) is 5.22. The zero-order valence-corrected chi connectivity index (χ0v) is 18.7. The first-order valence-electron chi connectivity index (χ1n) is 9.75. The second-order valence-corrected chi connectivity index (χ2v) is 9.38. The van der Waals surface area contributed by atoms with Gasteiger partial charge in [0.2, 0.25) is 0 Å². The molecule has 4 nitrogen and oxygen atoms in total. The summed E-state index contributed by atoms with van der Waals surface area (Å²) in [6.45, 7) is 5.40. The Bertz CT molecular complexity index is 1250. The van der Waals surface area contributed by atoms with Crippen molar-refractivity contribution >= 4 is 29.0 Å². The van der Waals surface area contributed by atoms with Crippen LogP contribution in [-0.2, 0) is 12.6 Å². The molecule has 1 aromatic carbocycles. The molecule has 0 saturated heterocycles. The molecular weight excluding hydrogens is 457 g/mol. The van der Waals surface area contributed by atoms with E-state index in [0.29, 0.717) is 28.4 Å². The van der Waals surface area contributed by atoms with Crippen LogP contribution in [0.2, 0.25) is 0 Å². The van der Waals surface area contributed by atoms with Crippen molar-refractivity contribution in [3.05, 3.63) is 92.0 Å². The van der Waals surface area contributed by atoms with E-state index in [1.165, 1.54) is 41.3 Å². The first-order chi connectivity index (χ1) is 15.2. The molecule has 0 bridgehead atoms. The van der Waals surface area contributed by atoms with Crippen molar-refractivity contribution in [1.82, 2.24) is 9.88 Å². The highest BCUT2D eigenvalue weighted by Gasteiger charge is 2.34. The number of benzene rings is 1. The van der Waals surface area contributed by atoms with Gasteiger partial charge in [0.1, 0.15) is 5.56 Å². The minimum absolute atomic E-state index is 0.0523. The Labute approximate surface area is 190 Å². The number of amides is 1. The van der Waals surface area contributed by atoms with Crippen LogP contribution in [0.5, 0.6) is 0 Å². The van der Waals surface area contributed by atoms with E-state index >= 15 is 0 Å². The number of halogens is 3. The molecule has 4 rings (SSSR count). The third-order valence-corrected chi connectivity index (χ3v) is 7.25. The fourth-order valence-electron chi connectivity index (χ4n) is 3.80. The smallest absolute Gasteiger partial charge is 0.348 e. The highest BCUT2D eigenvalue weighted by atomic mass is 32.2. The topological polar surface area (TPSA) is 51.1 Å². The van der Waals surface area contributed by atoms with E-state index in [0.717, 1.165) is 17.7 Å². The molecule has 3 aromatic rings. The number of carbonyl (C=O) groups is 1. The van der Waals surface area contributed by atoms with E-state index in [1.54, 1.807) is 11.5 Å². The number of rotatable bonds is 4. The molecule has 0 saturated carbocycles. The van der Waals surface area contributed by atoms with Crippen LogP contribution in [0.25, 0.3) is 5.69 Å². The van der Waals surface area contributed by atoms with E-state index in [2.05, 4.69) is 11.9 Å². The summed E-state index contributed by atoms with van der Waals surface area (Å²) >= 11 is 2.95. The zero-order chi connectivity index (χ0) is 23.0. The SMILES string of the molecule is C=CCNC(=O)c1c2n(c(C)cc1=O)-c1cc(C(F)(F)F)ccc1SC(c1ccsc1)C2. The molecule has 32 heavy (non-hydrogen) atoms. The van der Waals surface area contributed by atoms with Crippen LogP contribution in [0.1, 0.15) is 38.1 Å². The first-order valence-corrected chi connectivity index (χ1v) is 11.6. The van der Waals surface area contributed by atoms with Crippen molar-refractivity contribution in [2.75, 3.05) is 6.54 Å². The molecule has 1 N–H and O–H groups in total. The molecular formula is C23H19F3N2O2S2. The lowest BCUT2D eigenvalue weighted by Crippen LogP contribution is -2.32. The average molecular weight is 477 g/mol. The molecule has 1 unspecified atom stereocenters. The molecule has 166 valence electrons. The van der Waals surface area contributed by atoms with Gasteiger partial charge < -0.3 is 9.88 Å². The van der Waals surface area contributed by atoms with Crippen molar-refractivity contribution < 1.29 is 18.0 Å². The van der Waals surface area contributed by atoms with Crippen LogP contribution in [0, 0.1) is 6.92 Å². The number of thiophene rings is 1. The van der Waals surface area contributed by atoms with Crippen LogP contribution in [0.15, 0.2) is 63.4 Å². The number of hydrogen-bond acceptors (Lipinski definition) is 4. The van der Waals surface area contributed by atoms with Gasteiger partial charge in [0.15, 0.2) is 5.43 Å². The van der Waals surface area contributed by atoms with Gasteiger partial charge >= 0.3 is 6.18 Å². The van der Waals surface area contributed by atoms with Crippen molar-refractivity contribution in [3.8, 4) is 5.69 Å². The maximum atomic E-state index is 13.5. The average Bonchev–Trinajstić information content (AvgIpc) is 3.20. The summed E-state index contributed by atoms with van der Waals surface area (Å²) in [5.74, 6) is -0.567. The van der Waals surface area contributed by atoms with Gasteiger partial charge in [-0.1, -0.05) is 6.08 Å². The van der Waals surface area contributed by atoms with Crippen molar-refractivity contribution in [2.45, 2.75) is 29.7 Å². The van der Waals surface area contributed by atoms with Gasteiger partial charge in [-0.25, -0.2) is 0 Å². The molecule has 1 aliphatic heterocycles. The Kier molecular flexibility index (Phi) is 6.05. The lowest BCUT2D eigenvalue weighted by molar-refractivity contribution is -0.137. The highest BCUT2D eigenvalue weighted by Crippen LogP contribution is 2.46. The Morgan fingerprint density at radius 1 is 1.31 bits per heavy atom. The Morgan fingerprint density at radius 2 is 2.09 bits per heavy atom. The number of aryl methyl sites for hydroxylation is 1. The zero-order valence-electron chi connectivity index (χ0n) is 17.0. The molecule has 1 aliphatic rings. The largest absolute Gasteiger partial charge is 0.416 e. The predicted molar refractivity (Wildman–Crippen MR) is 121 cm³/mol. The van der Waals surface area contributed by atoms with Crippen molar-refractivity contribution in [1.29, 1.82) is 0 Å². The summed E-state index contributed by atoms with van der Waals surface area (Å²) in [6.07, 6.45) is -2.71. The van der Waals surface area contributed by atoms with Gasteiger partial charge in [0.25, 0.3) is 5.91 Å². The number of thioether (sulfide) groups is 1. The molecule has 2 aromatic heterocycles. The predicted octanol–water partition coefficient (Wildman–Crippen LogP) is 5.53. The number of aromatic nitrogens is 1. The normalized spacial score (nSPS) is 15.4. The van der Waals surface area contributed by atoms with E-state index in [1.807, 2.05) is 16.8 Å². The molecule has 0 aliphatic carbocycles. The lowest BCUT2D eigenvalue weighted by atomic mass is 10.0. The number of carbonyl (C=O) groups excluding carboxylic acids is 1. The summed E-state index contributed by atoms with van der Waals surface area (Å²) in [4.78, 5) is 26.4. The van der Waals surface area contributed by atoms with Gasteiger partial charge in [-0.3, -0.25) is 9.59 Å². The van der Waals surface area contributed by atoms with E-state index in [9.17, 15) is 22.8 Å². The molecule has 3 heterocycles. The summed E-state index contributed by atoms with van der Waals surface area (Å²) in [6, 6.07) is 6.87. The summed E-state index contributed by atoms with van der Waals surface area (Å²) in [5, 5.41) is 6.37. The lowest BCUT2D eigenvalue weighted by Gasteiger charge is -2.20. The fourth-order valence-corrected chi connectivity index (χ4v) is 5.85. The molecule has 0 fully saturated rings. The van der Waals surface area contributed by atoms with Crippen LogP contribution in [0.3, 0.4) is 0 Å². The second-order valence-electron chi connectivity index (χ2n) is 7.35. The number of hydrogen-bond donors (Lipinski definition) is 1. The van der Waals surface area contributed by atoms with Crippen molar-refractivity contribution in [3.63, 3.8) is 0 Å². The second kappa shape index (κ2) is 8.63. The minimum Gasteiger partial charge on any atom is -0.348 e. The van der Waals surface area contributed by atoms with Gasteiger partial charge in [-0.15, -0.1) is 18.3 Å². The summed E-state index contributed by atoms with van der Waals surface area (Å²) in [5.41, 5.74) is 0.880. The van der Waals surface area contributed by atoms with Crippen LogP contribution < -0.4 is 10.7 Å². The van der Waals surface area contributed by atoms with E-state index < -0.39 is 23.1 Å². The molecule has 1 amide bonds. The number of fused-ring (bicyclic) bond motifs is 3. The summed E-state index contributed by atoms with van der Waals surface area (Å²) in [7, 11) is 0. The van der Waals surface area contributed by atoms with Gasteiger partial charge in [0, 0.05) is 40.6 Å². The van der Waals surface area contributed by atoms with Crippen LogP contribution >= 0.6 is 23.1 Å². The number of nitrogens with one attached hydrogen (secondary N) is 1. The van der Waals surface area contributed by atoms with Gasteiger partial charge in [-0.05, 0) is 47.5 Å². The van der Waals surface area contributed by atoms with E-state index in [-0.39, 0.29) is 17.4 Å². The number of nitrogens with zero attached hydrogens (tertiary/aromatic N) is 1. The minimum atomic E-state index is -4.52. The number of alkyl halides is 3. The molecule has 9 heteroatoms. The maximum absolute atomic E-state index is 13.5. The molecule has 0 radical (unpaired) electrons. The van der Waals surface area contributed by atoms with Gasteiger partial charge in [-0.2, -0.15) is 24.5 Å². The Hall–Kier alpha value is -2.78. The summed E-state index contributed by atoms with van der Waals surface area (Å²) < 4.78 is 42.1. The molecule has 0 spiro atoms. The van der Waals surface area contributed by atoms with E-state index in [4.69, 9.17) is 0 Å². The number of pyridine rings is 1. The Morgan fingerprint density at radius 3 is 2.75 bits per heavy atom. The Balaban J connectivity index is 2.01. The monoisotopic (exact) mass is 476 g/mol. The fraction of sp³-hybridized carbons (Fsp3) is 0.217. The third kappa shape index (κ3) is 4.14. The van der Waals surface area contributed by atoms with Crippen LogP contribution in [-0.4, -0.2) is 17.0 Å². The van der Waals surface area contributed by atoms with Gasteiger partial charge in [0.05, 0.1) is 11.3 Å². The standard InChI is InChI=1S/C23H19F3N2O2S2/c1-3-7-27-22(30)21-17-11-20(14-6-8-31-12-14)32-19-5-4-15(23(24,25)26)10-16(19)28(17)13(2)9-18(21)29/h3-6,8-10,12,20H,1,7,11H2,2H3,(H,27,30). The maximum Gasteiger partial charge on any atom is 0.416 e. The molecule has 1 atom stereocenters.